The second kappa shape index (κ2) is 3.67. The van der Waals surface area contributed by atoms with Crippen molar-refractivity contribution in [3.8, 4) is 0 Å². The number of allylic oxidation sites excluding steroid dienone is 2. The summed E-state index contributed by atoms with van der Waals surface area (Å²) in [4.78, 5) is 11.0. The zero-order valence-corrected chi connectivity index (χ0v) is 8.77. The fourth-order valence-corrected chi connectivity index (χ4v) is 1.12. The van der Waals surface area contributed by atoms with E-state index in [2.05, 4.69) is 26.2 Å². The molecule has 0 spiro atoms. The van der Waals surface area contributed by atoms with Gasteiger partial charge >= 0.3 is 0 Å². The summed E-state index contributed by atoms with van der Waals surface area (Å²) in [5, 5.41) is 0. The summed E-state index contributed by atoms with van der Waals surface area (Å²) in [6.07, 6.45) is 1.65. The molecule has 0 unspecified atom stereocenters. The number of ketones is 1. The van der Waals surface area contributed by atoms with Gasteiger partial charge in [0.25, 0.3) is 0 Å². The number of carbonyl (C=O) groups is 1. The lowest BCUT2D eigenvalue weighted by atomic mass is 10.2. The third kappa shape index (κ3) is 5.79. The SMILES string of the molecule is C=C(C)C(=O)/C=C/[Si](C)(C)C. The van der Waals surface area contributed by atoms with Crippen molar-refractivity contribution >= 4 is 13.9 Å². The van der Waals surface area contributed by atoms with Crippen molar-refractivity contribution in [1.29, 1.82) is 0 Å². The summed E-state index contributed by atoms with van der Waals surface area (Å²) in [6, 6.07) is 0. The summed E-state index contributed by atoms with van der Waals surface area (Å²) in [7, 11) is -1.21. The Bertz CT molecular complexity index is 196. The van der Waals surface area contributed by atoms with Gasteiger partial charge in [-0.25, -0.2) is 0 Å². The number of hydrogen-bond acceptors (Lipinski definition) is 1. The Hall–Kier alpha value is -0.633. The van der Waals surface area contributed by atoms with Crippen LogP contribution in [0.5, 0.6) is 0 Å². The summed E-state index contributed by atoms with van der Waals surface area (Å²) in [5.74, 6) is 0.0485. The fraction of sp³-hybridized carbons (Fsp3) is 0.444. The molecule has 62 valence electrons. The van der Waals surface area contributed by atoms with E-state index in [1.807, 2.05) is 5.70 Å². The molecule has 0 aliphatic rings. The van der Waals surface area contributed by atoms with E-state index < -0.39 is 8.07 Å². The van der Waals surface area contributed by atoms with E-state index in [0.717, 1.165) is 0 Å². The molecule has 0 N–H and O–H groups in total. The van der Waals surface area contributed by atoms with Gasteiger partial charge in [-0.05, 0) is 18.6 Å². The highest BCUT2D eigenvalue weighted by atomic mass is 28.3. The van der Waals surface area contributed by atoms with Crippen molar-refractivity contribution in [2.75, 3.05) is 0 Å². The van der Waals surface area contributed by atoms with E-state index in [-0.39, 0.29) is 5.78 Å². The van der Waals surface area contributed by atoms with Gasteiger partial charge in [-0.1, -0.05) is 31.9 Å². The largest absolute Gasteiger partial charge is 0.290 e. The van der Waals surface area contributed by atoms with E-state index in [1.54, 1.807) is 13.0 Å². The summed E-state index contributed by atoms with van der Waals surface area (Å²) in [6.45, 7) is 11.9. The molecular weight excluding hydrogens is 152 g/mol. The maximum absolute atomic E-state index is 11.0. The highest BCUT2D eigenvalue weighted by Crippen LogP contribution is 2.03. The van der Waals surface area contributed by atoms with Crippen LogP contribution in [0.4, 0.5) is 0 Å². The molecule has 0 saturated heterocycles. The standard InChI is InChI=1S/C9H16OSi/c1-8(2)9(10)6-7-11(3,4)5/h6-7H,1H2,2-5H3/b7-6+. The van der Waals surface area contributed by atoms with E-state index in [9.17, 15) is 4.79 Å². The van der Waals surface area contributed by atoms with E-state index in [1.165, 1.54) is 0 Å². The minimum absolute atomic E-state index is 0.0485. The molecule has 0 saturated carbocycles. The predicted octanol–water partition coefficient (Wildman–Crippen LogP) is 2.57. The van der Waals surface area contributed by atoms with Crippen LogP contribution in [-0.2, 0) is 4.79 Å². The molecule has 0 bridgehead atoms. The highest BCUT2D eigenvalue weighted by Gasteiger charge is 2.07. The van der Waals surface area contributed by atoms with Crippen molar-refractivity contribution in [3.05, 3.63) is 23.9 Å². The molecule has 0 rings (SSSR count). The van der Waals surface area contributed by atoms with Crippen LogP contribution in [-0.4, -0.2) is 13.9 Å². The summed E-state index contributed by atoms with van der Waals surface area (Å²) < 4.78 is 0. The normalized spacial score (nSPS) is 12.0. The van der Waals surface area contributed by atoms with Gasteiger partial charge in [0.2, 0.25) is 0 Å². The number of rotatable bonds is 3. The molecule has 0 aromatic rings. The summed E-state index contributed by atoms with van der Waals surface area (Å²) in [5.41, 5.74) is 2.64. The molecule has 0 amide bonds. The van der Waals surface area contributed by atoms with Crippen LogP contribution in [0.3, 0.4) is 0 Å². The molecule has 0 aromatic heterocycles. The molecule has 0 atom stereocenters. The Kier molecular flexibility index (Phi) is 3.46. The van der Waals surface area contributed by atoms with Crippen LogP contribution >= 0.6 is 0 Å². The van der Waals surface area contributed by atoms with Gasteiger partial charge in [-0.2, -0.15) is 0 Å². The van der Waals surface area contributed by atoms with Crippen LogP contribution in [0.15, 0.2) is 23.9 Å². The van der Waals surface area contributed by atoms with Gasteiger partial charge in [-0.15, -0.1) is 0 Å². The second-order valence-electron chi connectivity index (χ2n) is 3.84. The van der Waals surface area contributed by atoms with Crippen LogP contribution in [0, 0.1) is 0 Å². The fourth-order valence-electron chi connectivity index (χ4n) is 0.468. The quantitative estimate of drug-likeness (QED) is 0.467. The van der Waals surface area contributed by atoms with Gasteiger partial charge in [0, 0.05) is 0 Å². The van der Waals surface area contributed by atoms with Crippen molar-refractivity contribution in [3.63, 3.8) is 0 Å². The lowest BCUT2D eigenvalue weighted by Crippen LogP contribution is -2.16. The van der Waals surface area contributed by atoms with E-state index in [0.29, 0.717) is 5.57 Å². The predicted molar refractivity (Wildman–Crippen MR) is 52.3 cm³/mol. The molecule has 0 aliphatic heterocycles. The van der Waals surface area contributed by atoms with Gasteiger partial charge in [0.05, 0.1) is 8.07 Å². The maximum atomic E-state index is 11.0. The Labute approximate surface area is 69.8 Å². The lowest BCUT2D eigenvalue weighted by molar-refractivity contribution is -0.111. The first-order valence-electron chi connectivity index (χ1n) is 3.72. The van der Waals surface area contributed by atoms with Crippen LogP contribution in [0.25, 0.3) is 0 Å². The molecule has 11 heavy (non-hydrogen) atoms. The van der Waals surface area contributed by atoms with Gasteiger partial charge in [0.15, 0.2) is 5.78 Å². The van der Waals surface area contributed by atoms with Gasteiger partial charge in [-0.3, -0.25) is 4.79 Å². The van der Waals surface area contributed by atoms with Crippen molar-refractivity contribution in [2.45, 2.75) is 26.6 Å². The third-order valence-corrected chi connectivity index (χ3v) is 2.32. The monoisotopic (exact) mass is 168 g/mol. The molecule has 0 radical (unpaired) electrons. The van der Waals surface area contributed by atoms with Crippen LogP contribution in [0.2, 0.25) is 19.6 Å². The molecule has 0 heterocycles. The topological polar surface area (TPSA) is 17.1 Å². The number of carbonyl (C=O) groups excluding carboxylic acids is 1. The first kappa shape index (κ1) is 10.4. The first-order chi connectivity index (χ1) is 4.83. The lowest BCUT2D eigenvalue weighted by Gasteiger charge is -2.07. The Morgan fingerprint density at radius 1 is 1.36 bits per heavy atom. The third-order valence-electron chi connectivity index (χ3n) is 1.16. The molecule has 0 aliphatic carbocycles. The first-order valence-corrected chi connectivity index (χ1v) is 7.30. The van der Waals surface area contributed by atoms with Crippen LogP contribution < -0.4 is 0 Å². The van der Waals surface area contributed by atoms with Crippen LogP contribution in [0.1, 0.15) is 6.92 Å². The van der Waals surface area contributed by atoms with E-state index in [4.69, 9.17) is 0 Å². The number of hydrogen-bond donors (Lipinski definition) is 0. The second-order valence-corrected chi connectivity index (χ2v) is 8.91. The highest BCUT2D eigenvalue weighted by molar-refractivity contribution is 6.81. The molecule has 0 fully saturated rings. The Morgan fingerprint density at radius 2 is 1.82 bits per heavy atom. The smallest absolute Gasteiger partial charge is 0.180 e. The van der Waals surface area contributed by atoms with Crippen molar-refractivity contribution in [2.24, 2.45) is 0 Å². The minimum Gasteiger partial charge on any atom is -0.290 e. The zero-order valence-electron chi connectivity index (χ0n) is 7.77. The average Bonchev–Trinajstić information content (AvgIpc) is 1.80. The zero-order chi connectivity index (χ0) is 9.07. The van der Waals surface area contributed by atoms with E-state index >= 15 is 0 Å². The molecule has 1 nitrogen and oxygen atoms in total. The van der Waals surface area contributed by atoms with Crippen molar-refractivity contribution in [1.82, 2.24) is 0 Å². The van der Waals surface area contributed by atoms with Crippen molar-refractivity contribution < 1.29 is 4.79 Å². The Balaban J connectivity index is 4.16. The van der Waals surface area contributed by atoms with Gasteiger partial charge in [0.1, 0.15) is 0 Å². The van der Waals surface area contributed by atoms with Gasteiger partial charge < -0.3 is 0 Å². The minimum atomic E-state index is -1.21. The molecule has 2 heteroatoms. The Morgan fingerprint density at radius 3 is 2.09 bits per heavy atom. The maximum Gasteiger partial charge on any atom is 0.180 e. The summed E-state index contributed by atoms with van der Waals surface area (Å²) >= 11 is 0. The average molecular weight is 168 g/mol. The molecule has 0 aromatic carbocycles. The molecular formula is C9H16OSi.